The molecule has 136 valence electrons. The lowest BCUT2D eigenvalue weighted by Crippen LogP contribution is -2.09. The molecule has 1 aromatic carbocycles. The summed E-state index contributed by atoms with van der Waals surface area (Å²) < 4.78 is 47.7. The average Bonchev–Trinajstić information content (AvgIpc) is 3.25. The first-order chi connectivity index (χ1) is 12.3. The predicted molar refractivity (Wildman–Crippen MR) is 89.8 cm³/mol. The molecule has 0 bridgehead atoms. The van der Waals surface area contributed by atoms with Gasteiger partial charge in [0.1, 0.15) is 0 Å². The van der Waals surface area contributed by atoms with Gasteiger partial charge in [-0.2, -0.15) is 13.2 Å². The number of nitrogens with zero attached hydrogens (tertiary/aromatic N) is 2. The minimum absolute atomic E-state index is 0.0143. The first-order valence-corrected chi connectivity index (χ1v) is 8.95. The van der Waals surface area contributed by atoms with Crippen LogP contribution in [0.5, 0.6) is 0 Å². The Bertz CT molecular complexity index is 877. The van der Waals surface area contributed by atoms with Gasteiger partial charge in [-0.25, -0.2) is 4.79 Å². The number of rotatable bonds is 5. The van der Waals surface area contributed by atoms with E-state index >= 15 is 0 Å². The fourth-order valence-electron chi connectivity index (χ4n) is 1.97. The highest BCUT2D eigenvalue weighted by molar-refractivity contribution is 8.00. The van der Waals surface area contributed by atoms with Gasteiger partial charge in [-0.3, -0.25) is 0 Å². The first kappa shape index (κ1) is 18.5. The van der Waals surface area contributed by atoms with Crippen molar-refractivity contribution in [1.29, 1.82) is 0 Å². The molecular weight excluding hydrogens is 389 g/mol. The van der Waals surface area contributed by atoms with Gasteiger partial charge in [-0.1, -0.05) is 6.07 Å². The van der Waals surface area contributed by atoms with Crippen molar-refractivity contribution in [2.75, 3.05) is 0 Å². The largest absolute Gasteiger partial charge is 0.449 e. The molecule has 0 aliphatic carbocycles. The Kier molecular flexibility index (Phi) is 5.33. The number of benzene rings is 1. The third-order valence-electron chi connectivity index (χ3n) is 3.13. The Morgan fingerprint density at radius 3 is 2.58 bits per heavy atom. The van der Waals surface area contributed by atoms with Crippen molar-refractivity contribution in [2.45, 2.75) is 23.4 Å². The maximum Gasteiger partial charge on any atom is 0.446 e. The standard InChI is InChI=1S/C16H11F3N2O3S2/c1-9(13-20-21-14(24-13)12-3-2-8-25-12)23-15(22)10-4-6-11(7-5-10)26-16(17,18)19/h2-9H,1H3. The zero-order chi connectivity index (χ0) is 18.7. The lowest BCUT2D eigenvalue weighted by atomic mass is 10.2. The fourth-order valence-corrected chi connectivity index (χ4v) is 3.15. The Hall–Kier alpha value is -2.33. The Morgan fingerprint density at radius 2 is 1.96 bits per heavy atom. The summed E-state index contributed by atoms with van der Waals surface area (Å²) in [5, 5.41) is 9.62. The van der Waals surface area contributed by atoms with Crippen molar-refractivity contribution in [2.24, 2.45) is 0 Å². The number of alkyl halides is 3. The normalized spacial score (nSPS) is 12.8. The van der Waals surface area contributed by atoms with E-state index in [1.54, 1.807) is 6.92 Å². The van der Waals surface area contributed by atoms with Gasteiger partial charge in [0.05, 0.1) is 10.4 Å². The molecule has 3 rings (SSSR count). The number of ether oxygens (including phenoxy) is 1. The first-order valence-electron chi connectivity index (χ1n) is 7.26. The van der Waals surface area contributed by atoms with Crippen molar-refractivity contribution >= 4 is 29.1 Å². The molecule has 0 aliphatic heterocycles. The van der Waals surface area contributed by atoms with Crippen molar-refractivity contribution in [3.63, 3.8) is 0 Å². The second kappa shape index (κ2) is 7.50. The fraction of sp³-hybridized carbons (Fsp3) is 0.188. The monoisotopic (exact) mass is 400 g/mol. The van der Waals surface area contributed by atoms with Gasteiger partial charge >= 0.3 is 11.5 Å². The van der Waals surface area contributed by atoms with E-state index in [1.165, 1.54) is 35.6 Å². The third kappa shape index (κ3) is 4.64. The number of thioether (sulfide) groups is 1. The van der Waals surface area contributed by atoms with Gasteiger partial charge in [0.2, 0.25) is 0 Å². The molecule has 2 heterocycles. The highest BCUT2D eigenvalue weighted by atomic mass is 32.2. The van der Waals surface area contributed by atoms with Crippen LogP contribution in [0.1, 0.15) is 29.3 Å². The zero-order valence-electron chi connectivity index (χ0n) is 13.2. The van der Waals surface area contributed by atoms with E-state index in [4.69, 9.17) is 9.15 Å². The maximum absolute atomic E-state index is 12.3. The lowest BCUT2D eigenvalue weighted by Gasteiger charge is -2.10. The highest BCUT2D eigenvalue weighted by Gasteiger charge is 2.29. The van der Waals surface area contributed by atoms with Crippen molar-refractivity contribution in [3.8, 4) is 10.8 Å². The maximum atomic E-state index is 12.3. The average molecular weight is 400 g/mol. The van der Waals surface area contributed by atoms with E-state index in [-0.39, 0.29) is 28.1 Å². The molecule has 0 aliphatic rings. The molecule has 0 saturated carbocycles. The summed E-state index contributed by atoms with van der Waals surface area (Å²) in [6.07, 6.45) is -0.798. The molecule has 2 aromatic heterocycles. The minimum atomic E-state index is -4.38. The van der Waals surface area contributed by atoms with Crippen LogP contribution in [-0.4, -0.2) is 21.7 Å². The number of halogens is 3. The van der Waals surface area contributed by atoms with Crippen LogP contribution < -0.4 is 0 Å². The molecular formula is C16H11F3N2O3S2. The van der Waals surface area contributed by atoms with Crippen LogP contribution in [0.4, 0.5) is 13.2 Å². The van der Waals surface area contributed by atoms with E-state index in [0.717, 1.165) is 4.88 Å². The van der Waals surface area contributed by atoms with E-state index in [2.05, 4.69) is 10.2 Å². The van der Waals surface area contributed by atoms with Crippen LogP contribution in [0, 0.1) is 0 Å². The molecule has 0 saturated heterocycles. The molecule has 3 aromatic rings. The summed E-state index contributed by atoms with van der Waals surface area (Å²) in [7, 11) is 0. The molecule has 26 heavy (non-hydrogen) atoms. The van der Waals surface area contributed by atoms with Crippen LogP contribution in [0.3, 0.4) is 0 Å². The third-order valence-corrected chi connectivity index (χ3v) is 4.72. The summed E-state index contributed by atoms with van der Waals surface area (Å²) in [6.45, 7) is 1.57. The van der Waals surface area contributed by atoms with Crippen LogP contribution in [0.15, 0.2) is 51.1 Å². The molecule has 0 spiro atoms. The molecule has 1 unspecified atom stereocenters. The minimum Gasteiger partial charge on any atom is -0.449 e. The number of hydrogen-bond donors (Lipinski definition) is 0. The number of aromatic nitrogens is 2. The summed E-state index contributed by atoms with van der Waals surface area (Å²) in [6, 6.07) is 8.62. The van der Waals surface area contributed by atoms with E-state index in [1.807, 2.05) is 17.5 Å². The Morgan fingerprint density at radius 1 is 1.23 bits per heavy atom. The number of hydrogen-bond acceptors (Lipinski definition) is 7. The Balaban J connectivity index is 1.64. The summed E-state index contributed by atoms with van der Waals surface area (Å²) in [5.41, 5.74) is -4.25. The van der Waals surface area contributed by atoms with Gasteiger partial charge in [0.15, 0.2) is 6.10 Å². The number of thiophene rings is 1. The molecule has 0 radical (unpaired) electrons. The van der Waals surface area contributed by atoms with Crippen LogP contribution >= 0.6 is 23.1 Å². The van der Waals surface area contributed by atoms with Crippen molar-refractivity contribution < 1.29 is 27.1 Å². The molecule has 5 nitrogen and oxygen atoms in total. The summed E-state index contributed by atoms with van der Waals surface area (Å²) in [4.78, 5) is 12.9. The SMILES string of the molecule is CC(OC(=O)c1ccc(SC(F)(F)F)cc1)c1nnc(-c2cccs2)o1. The van der Waals surface area contributed by atoms with Crippen molar-refractivity contribution in [1.82, 2.24) is 10.2 Å². The second-order valence-electron chi connectivity index (χ2n) is 5.04. The second-order valence-corrected chi connectivity index (χ2v) is 7.13. The van der Waals surface area contributed by atoms with Gasteiger partial charge < -0.3 is 9.15 Å². The molecule has 1 atom stereocenters. The number of carbonyl (C=O) groups excluding carboxylic acids is 1. The van der Waals surface area contributed by atoms with E-state index < -0.39 is 17.6 Å². The van der Waals surface area contributed by atoms with Crippen LogP contribution in [0.2, 0.25) is 0 Å². The van der Waals surface area contributed by atoms with Gasteiger partial charge in [0, 0.05) is 4.90 Å². The summed E-state index contributed by atoms with van der Waals surface area (Å²) >= 11 is 1.18. The Labute approximate surface area is 154 Å². The lowest BCUT2D eigenvalue weighted by molar-refractivity contribution is -0.0328. The van der Waals surface area contributed by atoms with Crippen molar-refractivity contribution in [3.05, 3.63) is 53.2 Å². The number of esters is 1. The van der Waals surface area contributed by atoms with E-state index in [0.29, 0.717) is 5.89 Å². The van der Waals surface area contributed by atoms with E-state index in [9.17, 15) is 18.0 Å². The molecule has 0 amide bonds. The highest BCUT2D eigenvalue weighted by Crippen LogP contribution is 2.36. The van der Waals surface area contributed by atoms with Gasteiger partial charge in [-0.15, -0.1) is 21.5 Å². The predicted octanol–water partition coefficient (Wildman–Crippen LogP) is 5.33. The number of carbonyl (C=O) groups is 1. The summed E-state index contributed by atoms with van der Waals surface area (Å²) in [5.74, 6) is -0.241. The van der Waals surface area contributed by atoms with Gasteiger partial charge in [-0.05, 0) is 54.4 Å². The topological polar surface area (TPSA) is 65.2 Å². The van der Waals surface area contributed by atoms with Crippen LogP contribution in [0.25, 0.3) is 10.8 Å². The molecule has 0 N–H and O–H groups in total. The molecule has 0 fully saturated rings. The van der Waals surface area contributed by atoms with Crippen LogP contribution in [-0.2, 0) is 4.74 Å². The quantitative estimate of drug-likeness (QED) is 0.426. The smallest absolute Gasteiger partial charge is 0.446 e. The molecule has 10 heteroatoms. The zero-order valence-corrected chi connectivity index (χ0v) is 14.8. The van der Waals surface area contributed by atoms with Gasteiger partial charge in [0.25, 0.3) is 11.8 Å².